The Morgan fingerprint density at radius 2 is 2.12 bits per heavy atom. The predicted molar refractivity (Wildman–Crippen MR) is 36.1 cm³/mol. The topological polar surface area (TPSA) is 29.1 Å². The van der Waals surface area contributed by atoms with E-state index in [4.69, 9.17) is 0 Å². The van der Waals surface area contributed by atoms with E-state index in [-0.39, 0.29) is 24.8 Å². The number of amides is 1. The number of hydrogen-bond acceptors (Lipinski definition) is 1. The summed E-state index contributed by atoms with van der Waals surface area (Å²) in [5.74, 6) is 0.0573. The van der Waals surface area contributed by atoms with Gasteiger partial charge in [0.2, 0.25) is 5.91 Å². The predicted octanol–water partition coefficient (Wildman–Crippen LogP) is -0.116. The Morgan fingerprint density at radius 3 is 2.25 bits per heavy atom. The Hall–Kier alpha value is 0.0674. The van der Waals surface area contributed by atoms with E-state index in [0.29, 0.717) is 0 Å². The Labute approximate surface area is 62.2 Å². The van der Waals surface area contributed by atoms with Crippen LogP contribution in [0, 0.1) is 0 Å². The number of carbonyl (C=O) groups excluding carboxylic acids is 1. The van der Waals surface area contributed by atoms with Crippen LogP contribution in [0.3, 0.4) is 0 Å². The zero-order chi connectivity index (χ0) is 5.70. The van der Waals surface area contributed by atoms with E-state index in [1.54, 1.807) is 0 Å². The molecule has 0 aliphatic heterocycles. The van der Waals surface area contributed by atoms with Gasteiger partial charge in [-0.25, -0.2) is 0 Å². The molecule has 0 aromatic rings. The molecule has 0 aliphatic carbocycles. The third-order valence-electron chi connectivity index (χ3n) is 0.624. The van der Waals surface area contributed by atoms with Crippen LogP contribution in [-0.4, -0.2) is 31.3 Å². The molecule has 0 radical (unpaired) electrons. The first-order valence-corrected chi connectivity index (χ1v) is 2.51. The van der Waals surface area contributed by atoms with Gasteiger partial charge in [0.15, 0.2) is 0 Å². The van der Waals surface area contributed by atoms with Crippen LogP contribution in [0.1, 0.15) is 20.3 Å². The molecule has 3 heteroatoms. The van der Waals surface area contributed by atoms with Gasteiger partial charge in [0.05, 0.1) is 0 Å². The Bertz CT molecular complexity index is 65.4. The van der Waals surface area contributed by atoms with Crippen molar-refractivity contribution >= 4 is 24.8 Å². The van der Waals surface area contributed by atoms with Gasteiger partial charge in [0.25, 0.3) is 0 Å². The van der Waals surface area contributed by atoms with Crippen molar-refractivity contribution in [3.8, 4) is 0 Å². The summed E-state index contributed by atoms with van der Waals surface area (Å²) in [5, 5.41) is 2.66. The number of hydrogen-bond donors (Lipinski definition) is 1. The van der Waals surface area contributed by atoms with E-state index in [0.717, 1.165) is 13.0 Å². The van der Waals surface area contributed by atoms with Crippen molar-refractivity contribution in [2.45, 2.75) is 20.3 Å². The van der Waals surface area contributed by atoms with Gasteiger partial charge in [-0.3, -0.25) is 4.79 Å². The SMILES string of the molecule is CCCNC(C)=O.[LiH]. The van der Waals surface area contributed by atoms with E-state index in [1.807, 2.05) is 6.92 Å². The van der Waals surface area contributed by atoms with Gasteiger partial charge in [-0.1, -0.05) is 6.92 Å². The molecule has 0 saturated heterocycles. The van der Waals surface area contributed by atoms with Gasteiger partial charge < -0.3 is 5.32 Å². The van der Waals surface area contributed by atoms with Crippen molar-refractivity contribution in [2.75, 3.05) is 6.54 Å². The molecule has 0 rings (SSSR count). The van der Waals surface area contributed by atoms with Crippen molar-refractivity contribution in [1.29, 1.82) is 0 Å². The summed E-state index contributed by atoms with van der Waals surface area (Å²) < 4.78 is 0. The molecule has 44 valence electrons. The van der Waals surface area contributed by atoms with Crippen molar-refractivity contribution in [2.24, 2.45) is 0 Å². The molecule has 1 amide bonds. The summed E-state index contributed by atoms with van der Waals surface area (Å²) in [6, 6.07) is 0. The Balaban J connectivity index is 0. The first-order valence-electron chi connectivity index (χ1n) is 2.51. The quantitative estimate of drug-likeness (QED) is 0.492. The van der Waals surface area contributed by atoms with Crippen LogP contribution in [0.4, 0.5) is 0 Å². The molecule has 0 fully saturated rings. The molecule has 0 aromatic carbocycles. The zero-order valence-corrected chi connectivity index (χ0v) is 4.82. The third-order valence-corrected chi connectivity index (χ3v) is 0.624. The van der Waals surface area contributed by atoms with E-state index in [9.17, 15) is 4.79 Å². The Kier molecular flexibility index (Phi) is 9.67. The summed E-state index contributed by atoms with van der Waals surface area (Å²) in [6.07, 6.45) is 1.01. The maximum absolute atomic E-state index is 10.1. The van der Waals surface area contributed by atoms with Crippen LogP contribution >= 0.6 is 0 Å². The van der Waals surface area contributed by atoms with Crippen LogP contribution in [0.5, 0.6) is 0 Å². The average Bonchev–Trinajstić information content (AvgIpc) is 1.61. The third kappa shape index (κ3) is 9.42. The fourth-order valence-corrected chi connectivity index (χ4v) is 0.301. The molecule has 0 heterocycles. The van der Waals surface area contributed by atoms with Crippen molar-refractivity contribution in [3.05, 3.63) is 0 Å². The molecule has 0 aromatic heterocycles. The normalized spacial score (nSPS) is 7.25. The van der Waals surface area contributed by atoms with Gasteiger partial charge in [0.1, 0.15) is 0 Å². The monoisotopic (exact) mass is 109 g/mol. The van der Waals surface area contributed by atoms with Crippen LogP contribution in [0.25, 0.3) is 0 Å². The fourth-order valence-electron chi connectivity index (χ4n) is 0.301. The van der Waals surface area contributed by atoms with E-state index >= 15 is 0 Å². The summed E-state index contributed by atoms with van der Waals surface area (Å²) in [6.45, 7) is 4.35. The zero-order valence-electron chi connectivity index (χ0n) is 4.82. The first-order chi connectivity index (χ1) is 3.27. The minimum atomic E-state index is 0. The fraction of sp³-hybridized carbons (Fsp3) is 0.800. The number of nitrogens with one attached hydrogen (secondary N) is 1. The summed E-state index contributed by atoms with van der Waals surface area (Å²) >= 11 is 0. The van der Waals surface area contributed by atoms with Gasteiger partial charge in [-0.15, -0.1) is 0 Å². The molecule has 8 heavy (non-hydrogen) atoms. The molecule has 0 spiro atoms. The first kappa shape index (κ1) is 10.9. The second kappa shape index (κ2) is 7.07. The molecular weight excluding hydrogens is 97.0 g/mol. The maximum atomic E-state index is 10.1. The second-order valence-corrected chi connectivity index (χ2v) is 1.48. The molecule has 0 unspecified atom stereocenters. The molecule has 0 aliphatic rings. The molecular formula is C5H12LiNO. The van der Waals surface area contributed by atoms with Crippen molar-refractivity contribution in [1.82, 2.24) is 5.32 Å². The van der Waals surface area contributed by atoms with E-state index in [2.05, 4.69) is 5.32 Å². The van der Waals surface area contributed by atoms with Crippen LogP contribution in [0.15, 0.2) is 0 Å². The number of carbonyl (C=O) groups is 1. The van der Waals surface area contributed by atoms with Crippen molar-refractivity contribution < 1.29 is 4.79 Å². The molecule has 0 saturated carbocycles. The van der Waals surface area contributed by atoms with E-state index in [1.165, 1.54) is 6.92 Å². The Morgan fingerprint density at radius 1 is 1.62 bits per heavy atom. The van der Waals surface area contributed by atoms with Gasteiger partial charge in [-0.05, 0) is 6.42 Å². The summed E-state index contributed by atoms with van der Waals surface area (Å²) in [4.78, 5) is 10.1. The van der Waals surface area contributed by atoms with Crippen LogP contribution < -0.4 is 5.32 Å². The molecule has 2 nitrogen and oxygen atoms in total. The number of rotatable bonds is 2. The van der Waals surface area contributed by atoms with Crippen molar-refractivity contribution in [3.63, 3.8) is 0 Å². The average molecular weight is 109 g/mol. The minimum absolute atomic E-state index is 0. The van der Waals surface area contributed by atoms with Crippen LogP contribution in [0.2, 0.25) is 0 Å². The van der Waals surface area contributed by atoms with E-state index < -0.39 is 0 Å². The molecule has 1 N–H and O–H groups in total. The standard InChI is InChI=1S/C5H11NO.Li.H/c1-3-4-6-5(2)7;;/h3-4H2,1-2H3,(H,6,7);;. The van der Waals surface area contributed by atoms with Gasteiger partial charge in [-0.2, -0.15) is 0 Å². The molecule has 0 atom stereocenters. The van der Waals surface area contributed by atoms with Gasteiger partial charge in [0, 0.05) is 13.5 Å². The second-order valence-electron chi connectivity index (χ2n) is 1.48. The van der Waals surface area contributed by atoms with Gasteiger partial charge >= 0.3 is 18.9 Å². The van der Waals surface area contributed by atoms with Crippen LogP contribution in [-0.2, 0) is 4.79 Å². The summed E-state index contributed by atoms with van der Waals surface area (Å²) in [5.41, 5.74) is 0. The summed E-state index contributed by atoms with van der Waals surface area (Å²) in [7, 11) is 0. The molecule has 0 bridgehead atoms.